The summed E-state index contributed by atoms with van der Waals surface area (Å²) >= 11 is 0. The molecule has 1 saturated heterocycles. The van der Waals surface area contributed by atoms with Crippen LogP contribution in [0.15, 0.2) is 48.7 Å². The van der Waals surface area contributed by atoms with Crippen LogP contribution in [0.25, 0.3) is 11.2 Å². The van der Waals surface area contributed by atoms with Gasteiger partial charge in [0.2, 0.25) is 0 Å². The summed E-state index contributed by atoms with van der Waals surface area (Å²) < 4.78 is 2.31. The maximum atomic E-state index is 4.85. The molecule has 23 heavy (non-hydrogen) atoms. The molecule has 4 nitrogen and oxygen atoms in total. The molecule has 1 fully saturated rings. The highest BCUT2D eigenvalue weighted by molar-refractivity contribution is 5.71. The van der Waals surface area contributed by atoms with Crippen molar-refractivity contribution >= 4 is 11.2 Å². The third kappa shape index (κ3) is 3.13. The largest absolute Gasteiger partial charge is 0.312 e. The van der Waals surface area contributed by atoms with Gasteiger partial charge in [-0.2, -0.15) is 0 Å². The average molecular weight is 306 g/mol. The van der Waals surface area contributed by atoms with Gasteiger partial charge in [0.05, 0.1) is 0 Å². The molecular formula is C19H22N4. The molecule has 1 aromatic carbocycles. The minimum Gasteiger partial charge on any atom is -0.312 e. The summed E-state index contributed by atoms with van der Waals surface area (Å²) in [7, 11) is 0. The number of hydrogen-bond donors (Lipinski definition) is 1. The highest BCUT2D eigenvalue weighted by atomic mass is 15.1. The van der Waals surface area contributed by atoms with Crippen molar-refractivity contribution in [1.29, 1.82) is 0 Å². The monoisotopic (exact) mass is 306 g/mol. The summed E-state index contributed by atoms with van der Waals surface area (Å²) in [6.45, 7) is 2.08. The molecule has 0 radical (unpaired) electrons. The Labute approximate surface area is 136 Å². The first-order valence-corrected chi connectivity index (χ1v) is 8.47. The van der Waals surface area contributed by atoms with E-state index in [1.165, 1.54) is 24.8 Å². The molecule has 4 heteroatoms. The Morgan fingerprint density at radius 1 is 1.09 bits per heavy atom. The lowest BCUT2D eigenvalue weighted by atomic mass is 10.0. The quantitative estimate of drug-likeness (QED) is 0.805. The number of fused-ring (bicyclic) bond motifs is 1. The molecule has 0 bridgehead atoms. The highest BCUT2D eigenvalue weighted by Crippen LogP contribution is 2.19. The molecule has 1 N–H and O–H groups in total. The number of piperidine rings is 1. The molecule has 1 unspecified atom stereocenters. The summed E-state index contributed by atoms with van der Waals surface area (Å²) in [4.78, 5) is 9.43. The van der Waals surface area contributed by atoms with Gasteiger partial charge in [0.15, 0.2) is 5.65 Å². The Kier molecular flexibility index (Phi) is 4.07. The van der Waals surface area contributed by atoms with Crippen molar-refractivity contribution in [1.82, 2.24) is 19.9 Å². The van der Waals surface area contributed by atoms with E-state index in [4.69, 9.17) is 4.98 Å². The molecule has 4 rings (SSSR count). The van der Waals surface area contributed by atoms with Crippen LogP contribution in [0.1, 0.15) is 30.7 Å². The number of nitrogens with zero attached hydrogens (tertiary/aromatic N) is 3. The summed E-state index contributed by atoms with van der Waals surface area (Å²) in [6.07, 6.45) is 6.55. The zero-order chi connectivity index (χ0) is 15.5. The van der Waals surface area contributed by atoms with Crippen molar-refractivity contribution in [3.8, 4) is 0 Å². The zero-order valence-electron chi connectivity index (χ0n) is 13.3. The molecule has 3 aromatic rings. The number of pyridine rings is 1. The van der Waals surface area contributed by atoms with Gasteiger partial charge in [0, 0.05) is 25.2 Å². The van der Waals surface area contributed by atoms with Gasteiger partial charge >= 0.3 is 0 Å². The maximum absolute atomic E-state index is 4.85. The minimum atomic E-state index is 0.526. The molecular weight excluding hydrogens is 284 g/mol. The number of hydrogen-bond acceptors (Lipinski definition) is 3. The maximum Gasteiger partial charge on any atom is 0.160 e. The SMILES string of the molecule is c1ccc(Cc2nc3cccnc3n2CC2CCCCN2)cc1. The van der Waals surface area contributed by atoms with Crippen LogP contribution in [0.5, 0.6) is 0 Å². The Morgan fingerprint density at radius 2 is 2.00 bits per heavy atom. The van der Waals surface area contributed by atoms with E-state index in [1.54, 1.807) is 0 Å². The molecule has 118 valence electrons. The van der Waals surface area contributed by atoms with Crippen LogP contribution in [-0.4, -0.2) is 27.1 Å². The molecule has 0 saturated carbocycles. The van der Waals surface area contributed by atoms with Gasteiger partial charge in [-0.25, -0.2) is 9.97 Å². The molecule has 0 amide bonds. The van der Waals surface area contributed by atoms with Gasteiger partial charge in [-0.3, -0.25) is 0 Å². The molecule has 1 atom stereocenters. The normalized spacial score (nSPS) is 18.3. The van der Waals surface area contributed by atoms with Crippen LogP contribution in [0.3, 0.4) is 0 Å². The topological polar surface area (TPSA) is 42.7 Å². The first-order chi connectivity index (χ1) is 11.4. The fourth-order valence-corrected chi connectivity index (χ4v) is 3.41. The summed E-state index contributed by atoms with van der Waals surface area (Å²) in [5.41, 5.74) is 3.29. The van der Waals surface area contributed by atoms with E-state index in [9.17, 15) is 0 Å². The van der Waals surface area contributed by atoms with Crippen molar-refractivity contribution in [3.05, 3.63) is 60.0 Å². The predicted molar refractivity (Wildman–Crippen MR) is 92.4 cm³/mol. The molecule has 0 aliphatic carbocycles. The molecule has 0 spiro atoms. The van der Waals surface area contributed by atoms with E-state index in [0.717, 1.165) is 36.5 Å². The lowest BCUT2D eigenvalue weighted by Crippen LogP contribution is -2.37. The van der Waals surface area contributed by atoms with E-state index in [-0.39, 0.29) is 0 Å². The third-order valence-corrected chi connectivity index (χ3v) is 4.60. The van der Waals surface area contributed by atoms with Gasteiger partial charge in [0.25, 0.3) is 0 Å². The lowest BCUT2D eigenvalue weighted by Gasteiger charge is -2.24. The highest BCUT2D eigenvalue weighted by Gasteiger charge is 2.18. The number of nitrogens with one attached hydrogen (secondary N) is 1. The average Bonchev–Trinajstić information content (AvgIpc) is 2.94. The molecule has 1 aliphatic rings. The van der Waals surface area contributed by atoms with Gasteiger partial charge in [-0.15, -0.1) is 0 Å². The zero-order valence-corrected chi connectivity index (χ0v) is 13.3. The summed E-state index contributed by atoms with van der Waals surface area (Å²) in [5, 5.41) is 3.64. The Morgan fingerprint density at radius 3 is 2.83 bits per heavy atom. The fourth-order valence-electron chi connectivity index (χ4n) is 3.41. The fraction of sp³-hybridized carbons (Fsp3) is 0.368. The third-order valence-electron chi connectivity index (χ3n) is 4.60. The molecule has 2 aromatic heterocycles. The van der Waals surface area contributed by atoms with E-state index < -0.39 is 0 Å². The van der Waals surface area contributed by atoms with Crippen LogP contribution < -0.4 is 5.32 Å². The summed E-state index contributed by atoms with van der Waals surface area (Å²) in [6, 6.07) is 15.1. The van der Waals surface area contributed by atoms with E-state index in [0.29, 0.717) is 6.04 Å². The van der Waals surface area contributed by atoms with Gasteiger partial charge in [0.1, 0.15) is 11.3 Å². The van der Waals surface area contributed by atoms with Crippen LogP contribution in [-0.2, 0) is 13.0 Å². The van der Waals surface area contributed by atoms with Crippen LogP contribution in [0, 0.1) is 0 Å². The van der Waals surface area contributed by atoms with Gasteiger partial charge in [-0.1, -0.05) is 36.8 Å². The van der Waals surface area contributed by atoms with Crippen molar-refractivity contribution in [2.45, 2.75) is 38.3 Å². The van der Waals surface area contributed by atoms with Crippen molar-refractivity contribution in [2.24, 2.45) is 0 Å². The smallest absolute Gasteiger partial charge is 0.160 e. The number of imidazole rings is 1. The Bertz CT molecular complexity index is 772. The second kappa shape index (κ2) is 6.50. The van der Waals surface area contributed by atoms with Gasteiger partial charge in [-0.05, 0) is 37.1 Å². The summed E-state index contributed by atoms with van der Waals surface area (Å²) in [5.74, 6) is 1.11. The minimum absolute atomic E-state index is 0.526. The van der Waals surface area contributed by atoms with E-state index in [1.807, 2.05) is 12.3 Å². The lowest BCUT2D eigenvalue weighted by molar-refractivity contribution is 0.362. The first kappa shape index (κ1) is 14.4. The number of benzene rings is 1. The second-order valence-corrected chi connectivity index (χ2v) is 6.29. The molecule has 1 aliphatic heterocycles. The van der Waals surface area contributed by atoms with E-state index >= 15 is 0 Å². The first-order valence-electron chi connectivity index (χ1n) is 8.47. The van der Waals surface area contributed by atoms with Crippen LogP contribution in [0.2, 0.25) is 0 Å². The van der Waals surface area contributed by atoms with Crippen molar-refractivity contribution in [3.63, 3.8) is 0 Å². The van der Waals surface area contributed by atoms with E-state index in [2.05, 4.69) is 51.3 Å². The molecule has 3 heterocycles. The van der Waals surface area contributed by atoms with Crippen LogP contribution in [0.4, 0.5) is 0 Å². The Hall–Kier alpha value is -2.20. The van der Waals surface area contributed by atoms with Gasteiger partial charge < -0.3 is 9.88 Å². The number of aromatic nitrogens is 3. The second-order valence-electron chi connectivity index (χ2n) is 6.29. The standard InChI is InChI=1S/C19H22N4/c1-2-7-15(8-3-1)13-18-22-17-10-6-12-21-19(17)23(18)14-16-9-4-5-11-20-16/h1-3,6-8,10,12,16,20H,4-5,9,11,13-14H2. The van der Waals surface area contributed by atoms with Crippen molar-refractivity contribution < 1.29 is 0 Å². The Balaban J connectivity index is 1.69. The van der Waals surface area contributed by atoms with Crippen molar-refractivity contribution in [2.75, 3.05) is 6.54 Å². The van der Waals surface area contributed by atoms with Crippen LogP contribution >= 0.6 is 0 Å². The number of rotatable bonds is 4. The predicted octanol–water partition coefficient (Wildman–Crippen LogP) is 3.16.